The highest BCUT2D eigenvalue weighted by molar-refractivity contribution is 4.67. The first-order valence-electron chi connectivity index (χ1n) is 3.51. The van der Waals surface area contributed by atoms with Crippen molar-refractivity contribution in [2.75, 3.05) is 0 Å². The van der Waals surface area contributed by atoms with Crippen LogP contribution in [-0.4, -0.2) is 20.2 Å². The van der Waals surface area contributed by atoms with E-state index in [9.17, 15) is 0 Å². The van der Waals surface area contributed by atoms with Crippen LogP contribution >= 0.6 is 0 Å². The molecule has 0 atom stereocenters. The number of tetrazole rings is 1. The van der Waals surface area contributed by atoms with E-state index in [4.69, 9.17) is 5.26 Å². The van der Waals surface area contributed by atoms with Crippen LogP contribution in [0.4, 0.5) is 0 Å². The smallest absolute Gasteiger partial charge is 0.138 e. The van der Waals surface area contributed by atoms with Crippen LogP contribution in [0.2, 0.25) is 0 Å². The van der Waals surface area contributed by atoms with Gasteiger partial charge in [0.15, 0.2) is 0 Å². The van der Waals surface area contributed by atoms with Gasteiger partial charge in [0.2, 0.25) is 0 Å². The molecule has 0 aliphatic carbocycles. The monoisotopic (exact) mass is 151 g/mol. The largest absolute Gasteiger partial charge is 0.233 e. The Morgan fingerprint density at radius 2 is 2.36 bits per heavy atom. The number of nitrogens with zero attached hydrogens (tertiary/aromatic N) is 5. The van der Waals surface area contributed by atoms with Gasteiger partial charge in [-0.05, 0) is 23.3 Å². The standard InChI is InChI=1S/C6H9N5/c7-4-2-1-3-5-11-6-8-9-10-11/h6H,1-3,5H2. The molecule has 0 aliphatic rings. The average molecular weight is 151 g/mol. The number of hydrogen-bond acceptors (Lipinski definition) is 4. The number of rotatable bonds is 4. The van der Waals surface area contributed by atoms with E-state index in [0.717, 1.165) is 19.4 Å². The summed E-state index contributed by atoms with van der Waals surface area (Å²) in [5, 5.41) is 18.9. The fraction of sp³-hybridized carbons (Fsp3) is 0.667. The SMILES string of the molecule is N#CCCCCn1cnnn1. The molecule has 0 saturated carbocycles. The second-order valence-electron chi connectivity index (χ2n) is 2.19. The summed E-state index contributed by atoms with van der Waals surface area (Å²) in [7, 11) is 0. The van der Waals surface area contributed by atoms with E-state index < -0.39 is 0 Å². The van der Waals surface area contributed by atoms with Crippen LogP contribution in [0.25, 0.3) is 0 Å². The van der Waals surface area contributed by atoms with Crippen molar-refractivity contribution in [3.8, 4) is 6.07 Å². The van der Waals surface area contributed by atoms with Crippen molar-refractivity contribution in [3.63, 3.8) is 0 Å². The van der Waals surface area contributed by atoms with Crippen molar-refractivity contribution in [2.24, 2.45) is 0 Å². The fourth-order valence-electron chi connectivity index (χ4n) is 0.761. The molecule has 0 amide bonds. The normalized spacial score (nSPS) is 9.36. The first-order chi connectivity index (χ1) is 5.43. The van der Waals surface area contributed by atoms with Gasteiger partial charge in [0.05, 0.1) is 6.07 Å². The van der Waals surface area contributed by atoms with Gasteiger partial charge in [-0.15, -0.1) is 5.10 Å². The van der Waals surface area contributed by atoms with Crippen LogP contribution in [0, 0.1) is 11.3 Å². The summed E-state index contributed by atoms with van der Waals surface area (Å²) >= 11 is 0. The van der Waals surface area contributed by atoms with Gasteiger partial charge in [-0.2, -0.15) is 5.26 Å². The Bertz CT molecular complexity index is 222. The second-order valence-corrected chi connectivity index (χ2v) is 2.19. The zero-order valence-corrected chi connectivity index (χ0v) is 6.14. The van der Waals surface area contributed by atoms with Crippen molar-refractivity contribution in [2.45, 2.75) is 25.8 Å². The molecule has 0 N–H and O–H groups in total. The molecule has 0 saturated heterocycles. The maximum absolute atomic E-state index is 8.23. The Kier molecular flexibility index (Phi) is 3.06. The zero-order valence-electron chi connectivity index (χ0n) is 6.14. The van der Waals surface area contributed by atoms with Crippen LogP contribution in [0.15, 0.2) is 6.33 Å². The molecule has 1 rings (SSSR count). The van der Waals surface area contributed by atoms with Crippen molar-refractivity contribution >= 4 is 0 Å². The molecule has 1 aromatic heterocycles. The molecule has 5 nitrogen and oxygen atoms in total. The molecular formula is C6H9N5. The van der Waals surface area contributed by atoms with Crippen LogP contribution in [0.5, 0.6) is 0 Å². The van der Waals surface area contributed by atoms with Crippen LogP contribution in [-0.2, 0) is 6.54 Å². The number of aryl methyl sites for hydroxylation is 1. The quantitative estimate of drug-likeness (QED) is 0.583. The van der Waals surface area contributed by atoms with Gasteiger partial charge in [0.1, 0.15) is 6.33 Å². The Morgan fingerprint density at radius 1 is 1.45 bits per heavy atom. The van der Waals surface area contributed by atoms with Gasteiger partial charge in [0, 0.05) is 13.0 Å². The predicted octanol–water partition coefficient (Wildman–Crippen LogP) is 0.367. The molecule has 0 spiro atoms. The molecule has 0 aromatic carbocycles. The van der Waals surface area contributed by atoms with Gasteiger partial charge < -0.3 is 0 Å². The van der Waals surface area contributed by atoms with Crippen molar-refractivity contribution < 1.29 is 0 Å². The highest BCUT2D eigenvalue weighted by Gasteiger charge is 1.91. The topological polar surface area (TPSA) is 67.4 Å². The Morgan fingerprint density at radius 3 is 3.00 bits per heavy atom. The first-order valence-corrected chi connectivity index (χ1v) is 3.51. The average Bonchev–Trinajstić information content (AvgIpc) is 2.50. The Labute approximate surface area is 64.6 Å². The lowest BCUT2D eigenvalue weighted by Crippen LogP contribution is -1.98. The summed E-state index contributed by atoms with van der Waals surface area (Å²) < 4.78 is 1.66. The minimum absolute atomic E-state index is 0.613. The zero-order chi connectivity index (χ0) is 7.94. The van der Waals surface area contributed by atoms with E-state index in [1.54, 1.807) is 11.0 Å². The summed E-state index contributed by atoms with van der Waals surface area (Å²) in [4.78, 5) is 0. The number of nitriles is 1. The predicted molar refractivity (Wildman–Crippen MR) is 37.3 cm³/mol. The molecule has 0 aliphatic heterocycles. The summed E-state index contributed by atoms with van der Waals surface area (Å²) in [6.45, 7) is 0.800. The first kappa shape index (κ1) is 7.66. The lowest BCUT2D eigenvalue weighted by atomic mass is 10.2. The van der Waals surface area contributed by atoms with Crippen LogP contribution < -0.4 is 0 Å². The van der Waals surface area contributed by atoms with Gasteiger partial charge >= 0.3 is 0 Å². The van der Waals surface area contributed by atoms with E-state index >= 15 is 0 Å². The third-order valence-corrected chi connectivity index (χ3v) is 1.32. The Balaban J connectivity index is 2.10. The molecule has 0 unspecified atom stereocenters. The third kappa shape index (κ3) is 2.76. The van der Waals surface area contributed by atoms with E-state index in [1.165, 1.54) is 0 Å². The molecule has 11 heavy (non-hydrogen) atoms. The minimum Gasteiger partial charge on any atom is -0.233 e. The van der Waals surface area contributed by atoms with Crippen molar-refractivity contribution in [1.82, 2.24) is 20.2 Å². The molecule has 1 heterocycles. The summed E-state index contributed by atoms with van der Waals surface area (Å²) in [5.74, 6) is 0. The summed E-state index contributed by atoms with van der Waals surface area (Å²) in [6.07, 6.45) is 4.06. The van der Waals surface area contributed by atoms with Gasteiger partial charge in [-0.3, -0.25) is 0 Å². The van der Waals surface area contributed by atoms with E-state index in [1.807, 2.05) is 0 Å². The van der Waals surface area contributed by atoms with Gasteiger partial charge in [-0.1, -0.05) is 0 Å². The van der Waals surface area contributed by atoms with Crippen molar-refractivity contribution in [3.05, 3.63) is 6.33 Å². The third-order valence-electron chi connectivity index (χ3n) is 1.32. The molecule has 5 heteroatoms. The maximum Gasteiger partial charge on any atom is 0.138 e. The number of aromatic nitrogens is 4. The second kappa shape index (κ2) is 4.39. The molecule has 0 radical (unpaired) electrons. The van der Waals surface area contributed by atoms with Gasteiger partial charge in [0.25, 0.3) is 0 Å². The molecule has 58 valence electrons. The highest BCUT2D eigenvalue weighted by atomic mass is 15.5. The van der Waals surface area contributed by atoms with Crippen LogP contribution in [0.3, 0.4) is 0 Å². The number of hydrogen-bond donors (Lipinski definition) is 0. The number of unbranched alkanes of at least 4 members (excludes halogenated alkanes) is 2. The fourth-order valence-corrected chi connectivity index (χ4v) is 0.761. The van der Waals surface area contributed by atoms with E-state index in [-0.39, 0.29) is 0 Å². The highest BCUT2D eigenvalue weighted by Crippen LogP contribution is 1.95. The molecule has 0 fully saturated rings. The van der Waals surface area contributed by atoms with Gasteiger partial charge in [-0.25, -0.2) is 4.68 Å². The Hall–Kier alpha value is -1.44. The van der Waals surface area contributed by atoms with E-state index in [2.05, 4.69) is 21.6 Å². The molecule has 0 bridgehead atoms. The molecule has 1 aromatic rings. The van der Waals surface area contributed by atoms with E-state index in [0.29, 0.717) is 6.42 Å². The molecular weight excluding hydrogens is 142 g/mol. The lowest BCUT2D eigenvalue weighted by molar-refractivity contribution is 0.544. The van der Waals surface area contributed by atoms with Crippen molar-refractivity contribution in [1.29, 1.82) is 5.26 Å². The van der Waals surface area contributed by atoms with Crippen LogP contribution in [0.1, 0.15) is 19.3 Å². The maximum atomic E-state index is 8.23. The summed E-state index contributed by atoms with van der Waals surface area (Å²) in [6, 6.07) is 2.09. The summed E-state index contributed by atoms with van der Waals surface area (Å²) in [5.41, 5.74) is 0. The minimum atomic E-state index is 0.613. The lowest BCUT2D eigenvalue weighted by Gasteiger charge is -1.94.